The SMILES string of the molecule is COCCCN(Cc1ccc(OS(C)(=O)=O)cc1)C(=O)c1ccc(OC)cc1OC. The van der Waals surface area contributed by atoms with Crippen LogP contribution in [0.2, 0.25) is 0 Å². The van der Waals surface area contributed by atoms with Crippen LogP contribution in [0, 0.1) is 0 Å². The highest BCUT2D eigenvalue weighted by Gasteiger charge is 2.20. The van der Waals surface area contributed by atoms with Gasteiger partial charge in [-0.2, -0.15) is 8.42 Å². The van der Waals surface area contributed by atoms with Gasteiger partial charge in [0.1, 0.15) is 17.2 Å². The van der Waals surface area contributed by atoms with Crippen LogP contribution < -0.4 is 13.7 Å². The molecule has 8 nitrogen and oxygen atoms in total. The molecule has 0 radical (unpaired) electrons. The summed E-state index contributed by atoms with van der Waals surface area (Å²) in [5.41, 5.74) is 1.25. The summed E-state index contributed by atoms with van der Waals surface area (Å²) >= 11 is 0. The van der Waals surface area contributed by atoms with Crippen molar-refractivity contribution in [3.63, 3.8) is 0 Å². The van der Waals surface area contributed by atoms with E-state index in [2.05, 4.69) is 0 Å². The number of ether oxygens (including phenoxy) is 3. The van der Waals surface area contributed by atoms with Crippen molar-refractivity contribution in [2.24, 2.45) is 0 Å². The maximum Gasteiger partial charge on any atom is 0.306 e. The number of nitrogens with zero attached hydrogens (tertiary/aromatic N) is 1. The van der Waals surface area contributed by atoms with E-state index < -0.39 is 10.1 Å². The molecule has 2 aromatic carbocycles. The fourth-order valence-electron chi connectivity index (χ4n) is 2.84. The van der Waals surface area contributed by atoms with Gasteiger partial charge in [0.2, 0.25) is 0 Å². The largest absolute Gasteiger partial charge is 0.497 e. The van der Waals surface area contributed by atoms with Crippen LogP contribution in [-0.2, 0) is 21.4 Å². The minimum absolute atomic E-state index is 0.193. The molecule has 0 unspecified atom stereocenters. The Morgan fingerprint density at radius 1 is 0.967 bits per heavy atom. The Hall–Kier alpha value is -2.78. The van der Waals surface area contributed by atoms with E-state index in [-0.39, 0.29) is 11.7 Å². The van der Waals surface area contributed by atoms with Crippen molar-refractivity contribution >= 4 is 16.0 Å². The lowest BCUT2D eigenvalue weighted by molar-refractivity contribution is 0.0720. The second-order valence-corrected chi connectivity index (χ2v) is 8.15. The van der Waals surface area contributed by atoms with Crippen LogP contribution in [0.3, 0.4) is 0 Å². The molecule has 0 fully saturated rings. The third kappa shape index (κ3) is 6.93. The van der Waals surface area contributed by atoms with E-state index in [9.17, 15) is 13.2 Å². The van der Waals surface area contributed by atoms with E-state index in [1.54, 1.807) is 61.6 Å². The van der Waals surface area contributed by atoms with Gasteiger partial charge < -0.3 is 23.3 Å². The minimum atomic E-state index is -3.59. The lowest BCUT2D eigenvalue weighted by atomic mass is 10.1. The molecule has 0 aromatic heterocycles. The van der Waals surface area contributed by atoms with Gasteiger partial charge in [-0.05, 0) is 36.2 Å². The lowest BCUT2D eigenvalue weighted by Gasteiger charge is -2.24. The van der Waals surface area contributed by atoms with Gasteiger partial charge in [0.15, 0.2) is 0 Å². The van der Waals surface area contributed by atoms with Crippen LogP contribution in [0.25, 0.3) is 0 Å². The number of benzene rings is 2. The second-order valence-electron chi connectivity index (χ2n) is 6.57. The summed E-state index contributed by atoms with van der Waals surface area (Å²) < 4.78 is 43.0. The molecule has 30 heavy (non-hydrogen) atoms. The van der Waals surface area contributed by atoms with Crippen LogP contribution in [0.4, 0.5) is 0 Å². The fourth-order valence-corrected chi connectivity index (χ4v) is 3.30. The van der Waals surface area contributed by atoms with E-state index in [0.717, 1.165) is 11.8 Å². The normalized spacial score (nSPS) is 11.1. The van der Waals surface area contributed by atoms with Gasteiger partial charge in [-0.25, -0.2) is 0 Å². The Balaban J connectivity index is 2.24. The lowest BCUT2D eigenvalue weighted by Crippen LogP contribution is -2.32. The second kappa shape index (κ2) is 10.8. The van der Waals surface area contributed by atoms with Crippen molar-refractivity contribution in [2.45, 2.75) is 13.0 Å². The Bertz CT molecular complexity index is 942. The van der Waals surface area contributed by atoms with E-state index >= 15 is 0 Å². The van der Waals surface area contributed by atoms with E-state index in [1.807, 2.05) is 0 Å². The zero-order chi connectivity index (χ0) is 22.1. The van der Waals surface area contributed by atoms with Crippen LogP contribution >= 0.6 is 0 Å². The molecule has 0 aliphatic rings. The van der Waals surface area contributed by atoms with Crippen molar-refractivity contribution < 1.29 is 31.6 Å². The van der Waals surface area contributed by atoms with Gasteiger partial charge in [-0.15, -0.1) is 0 Å². The van der Waals surface area contributed by atoms with Crippen molar-refractivity contribution in [3.05, 3.63) is 53.6 Å². The topological polar surface area (TPSA) is 91.4 Å². The molecule has 0 aliphatic carbocycles. The molecule has 2 rings (SSSR count). The van der Waals surface area contributed by atoms with Gasteiger partial charge in [0.25, 0.3) is 5.91 Å². The summed E-state index contributed by atoms with van der Waals surface area (Å²) in [6, 6.07) is 11.6. The summed E-state index contributed by atoms with van der Waals surface area (Å²) in [5, 5.41) is 0. The van der Waals surface area contributed by atoms with Crippen LogP contribution in [0.15, 0.2) is 42.5 Å². The van der Waals surface area contributed by atoms with Crippen LogP contribution in [0.5, 0.6) is 17.2 Å². The number of amides is 1. The Morgan fingerprint density at radius 2 is 1.63 bits per heavy atom. The van der Waals surface area contributed by atoms with Gasteiger partial charge in [0, 0.05) is 32.9 Å². The average Bonchev–Trinajstić information content (AvgIpc) is 2.72. The van der Waals surface area contributed by atoms with E-state index in [4.69, 9.17) is 18.4 Å². The molecule has 0 atom stereocenters. The zero-order valence-corrected chi connectivity index (χ0v) is 18.4. The molecule has 0 spiro atoms. The highest BCUT2D eigenvalue weighted by molar-refractivity contribution is 7.86. The van der Waals surface area contributed by atoms with Crippen molar-refractivity contribution in [2.75, 3.05) is 40.7 Å². The molecule has 0 saturated heterocycles. The predicted octanol–water partition coefficient (Wildman–Crippen LogP) is 2.72. The Kier molecular flexibility index (Phi) is 8.49. The van der Waals surface area contributed by atoms with E-state index in [0.29, 0.717) is 43.2 Å². The molecule has 1 amide bonds. The monoisotopic (exact) mass is 437 g/mol. The smallest absolute Gasteiger partial charge is 0.306 e. The standard InChI is InChI=1S/C21H27NO7S/c1-26-13-5-12-22(15-16-6-8-17(9-7-16)29-30(4,24)25)21(23)19-11-10-18(27-2)14-20(19)28-3/h6-11,14H,5,12-13,15H2,1-4H3. The van der Waals surface area contributed by atoms with Crippen molar-refractivity contribution in [3.8, 4) is 17.2 Å². The van der Waals surface area contributed by atoms with Crippen LogP contribution in [0.1, 0.15) is 22.3 Å². The molecule has 0 N–H and O–H groups in total. The molecule has 164 valence electrons. The maximum absolute atomic E-state index is 13.2. The minimum Gasteiger partial charge on any atom is -0.497 e. The summed E-state index contributed by atoms with van der Waals surface area (Å²) in [5.74, 6) is 1.04. The Labute approximate surface area is 177 Å². The van der Waals surface area contributed by atoms with Gasteiger partial charge in [-0.1, -0.05) is 12.1 Å². The molecular formula is C21H27NO7S. The number of rotatable bonds is 11. The molecular weight excluding hydrogens is 410 g/mol. The number of carbonyl (C=O) groups is 1. The van der Waals surface area contributed by atoms with Gasteiger partial charge in [0.05, 0.1) is 26.0 Å². The number of carbonyl (C=O) groups excluding carboxylic acids is 1. The first-order valence-electron chi connectivity index (χ1n) is 9.26. The number of hydrogen-bond donors (Lipinski definition) is 0. The van der Waals surface area contributed by atoms with Crippen molar-refractivity contribution in [1.82, 2.24) is 4.90 Å². The first-order valence-corrected chi connectivity index (χ1v) is 11.1. The Morgan fingerprint density at radius 3 is 2.20 bits per heavy atom. The summed E-state index contributed by atoms with van der Waals surface area (Å²) in [6.45, 7) is 1.32. The third-order valence-electron chi connectivity index (χ3n) is 4.25. The molecule has 0 aliphatic heterocycles. The molecule has 0 heterocycles. The average molecular weight is 438 g/mol. The first kappa shape index (κ1) is 23.5. The van der Waals surface area contributed by atoms with Crippen molar-refractivity contribution in [1.29, 1.82) is 0 Å². The number of hydrogen-bond acceptors (Lipinski definition) is 7. The summed E-state index contributed by atoms with van der Waals surface area (Å²) in [6.07, 6.45) is 1.65. The highest BCUT2D eigenvalue weighted by atomic mass is 32.2. The summed E-state index contributed by atoms with van der Waals surface area (Å²) in [4.78, 5) is 14.9. The van der Waals surface area contributed by atoms with E-state index in [1.165, 1.54) is 7.11 Å². The highest BCUT2D eigenvalue weighted by Crippen LogP contribution is 2.26. The molecule has 0 bridgehead atoms. The first-order chi connectivity index (χ1) is 14.3. The fraction of sp³-hybridized carbons (Fsp3) is 0.381. The quantitative estimate of drug-likeness (QED) is 0.394. The number of methoxy groups -OCH3 is 3. The molecule has 0 saturated carbocycles. The molecule has 2 aromatic rings. The van der Waals surface area contributed by atoms with Crippen LogP contribution in [-0.4, -0.2) is 60.0 Å². The predicted molar refractivity (Wildman–Crippen MR) is 113 cm³/mol. The third-order valence-corrected chi connectivity index (χ3v) is 4.74. The maximum atomic E-state index is 13.2. The molecule has 9 heteroatoms. The summed E-state index contributed by atoms with van der Waals surface area (Å²) in [7, 11) is 1.06. The zero-order valence-electron chi connectivity index (χ0n) is 17.6. The van der Waals surface area contributed by atoms with Gasteiger partial charge in [-0.3, -0.25) is 4.79 Å². The van der Waals surface area contributed by atoms with Gasteiger partial charge >= 0.3 is 10.1 Å².